The molecule has 1 nitrogen and oxygen atoms in total. The summed E-state index contributed by atoms with van der Waals surface area (Å²) in [5.41, 5.74) is 0. The van der Waals surface area contributed by atoms with Crippen LogP contribution in [0.3, 0.4) is 0 Å². The largest absolute Gasteiger partial charge is 0.294 e. The van der Waals surface area contributed by atoms with E-state index in [0.29, 0.717) is 5.78 Å². The van der Waals surface area contributed by atoms with Gasteiger partial charge in [0, 0.05) is 11.3 Å². The summed E-state index contributed by atoms with van der Waals surface area (Å²) in [7, 11) is 0. The van der Waals surface area contributed by atoms with Crippen molar-refractivity contribution in [2.45, 2.75) is 51.9 Å². The topological polar surface area (TPSA) is 17.1 Å². The summed E-state index contributed by atoms with van der Waals surface area (Å²) in [5.74, 6) is 1.49. The van der Waals surface area contributed by atoms with Gasteiger partial charge in [0.15, 0.2) is 5.78 Å². The maximum absolute atomic E-state index is 11.3. The predicted molar refractivity (Wildman–Crippen MR) is 63.5 cm³/mol. The molecule has 0 aliphatic heterocycles. The van der Waals surface area contributed by atoms with Crippen LogP contribution in [0.15, 0.2) is 11.0 Å². The molecule has 1 rings (SSSR count). The molecule has 0 unspecified atom stereocenters. The molecule has 0 heterocycles. The fourth-order valence-electron chi connectivity index (χ4n) is 1.60. The molecular formula is C12H20OS. The number of thioether (sulfide) groups is 1. The van der Waals surface area contributed by atoms with E-state index >= 15 is 0 Å². The second kappa shape index (κ2) is 7.10. The van der Waals surface area contributed by atoms with Crippen molar-refractivity contribution < 1.29 is 4.79 Å². The van der Waals surface area contributed by atoms with Crippen LogP contribution in [0.1, 0.15) is 51.9 Å². The second-order valence-electron chi connectivity index (χ2n) is 3.79. The van der Waals surface area contributed by atoms with Crippen LogP contribution in [0, 0.1) is 0 Å². The van der Waals surface area contributed by atoms with Gasteiger partial charge in [-0.05, 0) is 18.6 Å². The molecule has 0 atom stereocenters. The Hall–Kier alpha value is -0.240. The minimum absolute atomic E-state index is 0.364. The van der Waals surface area contributed by atoms with Gasteiger partial charge in [-0.1, -0.05) is 38.7 Å². The van der Waals surface area contributed by atoms with Gasteiger partial charge in [0.05, 0.1) is 0 Å². The summed E-state index contributed by atoms with van der Waals surface area (Å²) in [6.07, 6.45) is 10.4. The van der Waals surface area contributed by atoms with Gasteiger partial charge < -0.3 is 0 Å². The third kappa shape index (κ3) is 4.32. The summed E-state index contributed by atoms with van der Waals surface area (Å²) >= 11 is 1.76. The van der Waals surface area contributed by atoms with Crippen LogP contribution in [0.25, 0.3) is 0 Å². The van der Waals surface area contributed by atoms with E-state index < -0.39 is 0 Å². The molecule has 0 aromatic carbocycles. The molecule has 14 heavy (non-hydrogen) atoms. The van der Waals surface area contributed by atoms with E-state index in [1.54, 1.807) is 11.8 Å². The van der Waals surface area contributed by atoms with Crippen LogP contribution in [0.5, 0.6) is 0 Å². The molecule has 0 N–H and O–H groups in total. The van der Waals surface area contributed by atoms with E-state index in [9.17, 15) is 4.79 Å². The summed E-state index contributed by atoms with van der Waals surface area (Å²) in [6.45, 7) is 2.23. The molecule has 1 aliphatic rings. The van der Waals surface area contributed by atoms with E-state index in [4.69, 9.17) is 0 Å². The molecule has 0 fully saturated rings. The Bertz CT molecular complexity index is 208. The fourth-order valence-corrected chi connectivity index (χ4v) is 2.67. The summed E-state index contributed by atoms with van der Waals surface area (Å²) in [4.78, 5) is 12.3. The third-order valence-corrected chi connectivity index (χ3v) is 3.68. The Balaban J connectivity index is 1.96. The quantitative estimate of drug-likeness (QED) is 0.595. The van der Waals surface area contributed by atoms with Crippen molar-refractivity contribution in [1.82, 2.24) is 0 Å². The van der Waals surface area contributed by atoms with Crippen molar-refractivity contribution in [2.75, 3.05) is 5.75 Å². The molecule has 0 aromatic rings. The van der Waals surface area contributed by atoms with Crippen LogP contribution < -0.4 is 0 Å². The summed E-state index contributed by atoms with van der Waals surface area (Å²) in [5, 5.41) is 0. The molecule has 0 aromatic heterocycles. The molecule has 80 valence electrons. The van der Waals surface area contributed by atoms with Gasteiger partial charge in [-0.25, -0.2) is 0 Å². The lowest BCUT2D eigenvalue weighted by atomic mass is 10.2. The molecule has 0 saturated carbocycles. The lowest BCUT2D eigenvalue weighted by Crippen LogP contribution is -1.92. The fraction of sp³-hybridized carbons (Fsp3) is 0.750. The first-order chi connectivity index (χ1) is 6.84. The lowest BCUT2D eigenvalue weighted by molar-refractivity contribution is -0.114. The van der Waals surface area contributed by atoms with Crippen molar-refractivity contribution in [3.05, 3.63) is 11.0 Å². The average Bonchev–Trinajstić information content (AvgIpc) is 2.58. The number of rotatable bonds is 7. The molecule has 0 bridgehead atoms. The lowest BCUT2D eigenvalue weighted by Gasteiger charge is -2.01. The number of hydrogen-bond acceptors (Lipinski definition) is 2. The normalized spacial score (nSPS) is 16.1. The highest BCUT2D eigenvalue weighted by Gasteiger charge is 2.14. The van der Waals surface area contributed by atoms with Gasteiger partial charge in [0.25, 0.3) is 0 Å². The number of carbonyl (C=O) groups is 1. The minimum atomic E-state index is 0.364. The SMILES string of the molecule is CCCCCCCSC1=CCCC1=O. The summed E-state index contributed by atoms with van der Waals surface area (Å²) in [6, 6.07) is 0. The monoisotopic (exact) mass is 212 g/mol. The molecule has 0 saturated heterocycles. The van der Waals surface area contributed by atoms with Crippen LogP contribution >= 0.6 is 11.8 Å². The Morgan fingerprint density at radius 2 is 2.07 bits per heavy atom. The van der Waals surface area contributed by atoms with Gasteiger partial charge in [-0.15, -0.1) is 11.8 Å². The Morgan fingerprint density at radius 3 is 2.71 bits per heavy atom. The highest BCUT2D eigenvalue weighted by Crippen LogP contribution is 2.26. The van der Waals surface area contributed by atoms with Gasteiger partial charge in [-0.2, -0.15) is 0 Å². The Labute approximate surface area is 91.3 Å². The van der Waals surface area contributed by atoms with Crippen molar-refractivity contribution in [3.8, 4) is 0 Å². The zero-order valence-electron chi connectivity index (χ0n) is 9.05. The van der Waals surface area contributed by atoms with E-state index in [0.717, 1.165) is 23.5 Å². The van der Waals surface area contributed by atoms with Gasteiger partial charge in [-0.3, -0.25) is 4.79 Å². The van der Waals surface area contributed by atoms with E-state index in [1.807, 2.05) is 0 Å². The van der Waals surface area contributed by atoms with Gasteiger partial charge in [0.2, 0.25) is 0 Å². The maximum atomic E-state index is 11.3. The Kier molecular flexibility index (Phi) is 6.00. The number of hydrogen-bond donors (Lipinski definition) is 0. The number of allylic oxidation sites excluding steroid dienone is 2. The van der Waals surface area contributed by atoms with Gasteiger partial charge >= 0.3 is 0 Å². The summed E-state index contributed by atoms with van der Waals surface area (Å²) < 4.78 is 0. The molecular weight excluding hydrogens is 192 g/mol. The van der Waals surface area contributed by atoms with Crippen molar-refractivity contribution in [1.29, 1.82) is 0 Å². The molecule has 0 amide bonds. The smallest absolute Gasteiger partial charge is 0.169 e. The van der Waals surface area contributed by atoms with Crippen LogP contribution in [0.4, 0.5) is 0 Å². The highest BCUT2D eigenvalue weighted by atomic mass is 32.2. The molecule has 2 heteroatoms. The minimum Gasteiger partial charge on any atom is -0.294 e. The van der Waals surface area contributed by atoms with E-state index in [-0.39, 0.29) is 0 Å². The average molecular weight is 212 g/mol. The molecule has 1 aliphatic carbocycles. The van der Waals surface area contributed by atoms with Crippen molar-refractivity contribution in [3.63, 3.8) is 0 Å². The van der Waals surface area contributed by atoms with Crippen molar-refractivity contribution in [2.24, 2.45) is 0 Å². The van der Waals surface area contributed by atoms with Crippen molar-refractivity contribution >= 4 is 17.5 Å². The van der Waals surface area contributed by atoms with Crippen LogP contribution in [0.2, 0.25) is 0 Å². The molecule has 0 spiro atoms. The predicted octanol–water partition coefficient (Wildman–Crippen LogP) is 3.94. The Morgan fingerprint density at radius 1 is 1.29 bits per heavy atom. The number of ketones is 1. The second-order valence-corrected chi connectivity index (χ2v) is 4.93. The standard InChI is InChI=1S/C12H20OS/c1-2-3-4-5-6-10-14-12-9-7-8-11(12)13/h9H,2-8,10H2,1H3. The maximum Gasteiger partial charge on any atom is 0.169 e. The zero-order valence-corrected chi connectivity index (χ0v) is 9.87. The highest BCUT2D eigenvalue weighted by molar-refractivity contribution is 8.04. The number of unbranched alkanes of at least 4 members (excludes halogenated alkanes) is 4. The zero-order chi connectivity index (χ0) is 10.2. The first-order valence-electron chi connectivity index (χ1n) is 5.70. The third-order valence-electron chi connectivity index (χ3n) is 2.48. The first kappa shape index (κ1) is 11.8. The van der Waals surface area contributed by atoms with E-state index in [2.05, 4.69) is 13.0 Å². The first-order valence-corrected chi connectivity index (χ1v) is 6.69. The van der Waals surface area contributed by atoms with Crippen LogP contribution in [-0.4, -0.2) is 11.5 Å². The van der Waals surface area contributed by atoms with Crippen LogP contribution in [-0.2, 0) is 4.79 Å². The van der Waals surface area contributed by atoms with E-state index in [1.165, 1.54) is 32.1 Å². The van der Waals surface area contributed by atoms with Gasteiger partial charge in [0.1, 0.15) is 0 Å². The number of carbonyl (C=O) groups excluding carboxylic acids is 1. The molecule has 0 radical (unpaired) electrons. The number of Topliss-reactive ketones (excluding diaryl/α,β-unsaturated/α-hetero) is 1.